The maximum absolute atomic E-state index is 11.1. The van der Waals surface area contributed by atoms with Crippen LogP contribution in [0.1, 0.15) is 0 Å². The highest BCUT2D eigenvalue weighted by Gasteiger charge is 2.08. The largest absolute Gasteiger partial charge is 0.484 e. The molecule has 0 spiro atoms. The van der Waals surface area contributed by atoms with Crippen LogP contribution < -0.4 is 10.1 Å². The van der Waals surface area contributed by atoms with Crippen LogP contribution in [0.4, 0.5) is 5.69 Å². The molecule has 18 heavy (non-hydrogen) atoms. The first kappa shape index (κ1) is 13.4. The highest BCUT2D eigenvalue weighted by molar-refractivity contribution is 5.82. The van der Waals surface area contributed by atoms with Crippen LogP contribution in [-0.2, 0) is 9.59 Å². The number of nitro groups is 1. The van der Waals surface area contributed by atoms with Gasteiger partial charge in [0.25, 0.3) is 11.6 Å². The van der Waals surface area contributed by atoms with Gasteiger partial charge in [-0.1, -0.05) is 6.07 Å². The number of non-ortho nitro benzene ring substituents is 1. The average molecular weight is 254 g/mol. The van der Waals surface area contributed by atoms with Crippen LogP contribution in [0.15, 0.2) is 24.3 Å². The fraction of sp³-hybridized carbons (Fsp3) is 0.200. The minimum Gasteiger partial charge on any atom is -0.484 e. The number of carbonyl (C=O) groups excluding carboxylic acids is 1. The average Bonchev–Trinajstić information content (AvgIpc) is 2.34. The maximum Gasteiger partial charge on any atom is 0.322 e. The normalized spacial score (nSPS) is 9.56. The minimum atomic E-state index is -1.17. The molecule has 1 aromatic carbocycles. The summed E-state index contributed by atoms with van der Waals surface area (Å²) in [5.74, 6) is -1.63. The Hall–Kier alpha value is -2.64. The van der Waals surface area contributed by atoms with Crippen LogP contribution in [0.25, 0.3) is 0 Å². The third-order valence-electron chi connectivity index (χ3n) is 1.84. The van der Waals surface area contributed by atoms with Gasteiger partial charge in [-0.05, 0) is 6.07 Å². The monoisotopic (exact) mass is 254 g/mol. The van der Waals surface area contributed by atoms with E-state index >= 15 is 0 Å². The number of ether oxygens (including phenoxy) is 1. The van der Waals surface area contributed by atoms with Gasteiger partial charge in [-0.15, -0.1) is 0 Å². The fourth-order valence-corrected chi connectivity index (χ4v) is 1.06. The summed E-state index contributed by atoms with van der Waals surface area (Å²) < 4.78 is 4.98. The molecule has 1 amide bonds. The lowest BCUT2D eigenvalue weighted by Crippen LogP contribution is -2.33. The molecule has 2 N–H and O–H groups in total. The van der Waals surface area contributed by atoms with Crippen molar-refractivity contribution < 1.29 is 24.4 Å². The van der Waals surface area contributed by atoms with E-state index in [0.29, 0.717) is 0 Å². The summed E-state index contributed by atoms with van der Waals surface area (Å²) >= 11 is 0. The summed E-state index contributed by atoms with van der Waals surface area (Å²) in [5.41, 5.74) is -0.154. The van der Waals surface area contributed by atoms with Crippen LogP contribution in [0.2, 0.25) is 0 Å². The van der Waals surface area contributed by atoms with Crippen molar-refractivity contribution in [3.8, 4) is 5.75 Å². The number of aliphatic carboxylic acids is 1. The van der Waals surface area contributed by atoms with Crippen molar-refractivity contribution in [2.45, 2.75) is 0 Å². The summed E-state index contributed by atoms with van der Waals surface area (Å²) in [6, 6.07) is 5.34. The molecule has 0 aromatic heterocycles. The zero-order chi connectivity index (χ0) is 13.5. The van der Waals surface area contributed by atoms with Gasteiger partial charge in [0, 0.05) is 6.07 Å². The molecule has 0 aliphatic heterocycles. The zero-order valence-electron chi connectivity index (χ0n) is 9.16. The van der Waals surface area contributed by atoms with E-state index in [0.717, 1.165) is 0 Å². The summed E-state index contributed by atoms with van der Waals surface area (Å²) in [4.78, 5) is 31.2. The van der Waals surface area contributed by atoms with Crippen molar-refractivity contribution in [3.05, 3.63) is 34.4 Å². The van der Waals surface area contributed by atoms with Crippen molar-refractivity contribution >= 4 is 17.6 Å². The van der Waals surface area contributed by atoms with Gasteiger partial charge in [-0.2, -0.15) is 0 Å². The van der Waals surface area contributed by atoms with Gasteiger partial charge >= 0.3 is 5.97 Å². The molecule has 0 saturated carbocycles. The highest BCUT2D eigenvalue weighted by Crippen LogP contribution is 2.18. The summed E-state index contributed by atoms with van der Waals surface area (Å²) in [6.45, 7) is -0.911. The number of carboxylic acid groups (broad SMARTS) is 1. The smallest absolute Gasteiger partial charge is 0.322 e. The lowest BCUT2D eigenvalue weighted by molar-refractivity contribution is -0.384. The molecule has 0 atom stereocenters. The van der Waals surface area contributed by atoms with Gasteiger partial charge in [0.15, 0.2) is 6.61 Å². The number of nitro benzene ring substituents is 1. The molecule has 0 aliphatic rings. The Bertz CT molecular complexity index is 473. The van der Waals surface area contributed by atoms with Gasteiger partial charge in [-0.25, -0.2) is 0 Å². The van der Waals surface area contributed by atoms with Gasteiger partial charge in [0.1, 0.15) is 12.3 Å². The lowest BCUT2D eigenvalue weighted by Gasteiger charge is -2.05. The van der Waals surface area contributed by atoms with Crippen molar-refractivity contribution in [1.29, 1.82) is 0 Å². The van der Waals surface area contributed by atoms with Crippen LogP contribution >= 0.6 is 0 Å². The predicted octanol–water partition coefficient (Wildman–Crippen LogP) is 0.174. The SMILES string of the molecule is O=C(O)CNC(=O)COc1cccc([N+](=O)[O-])c1. The highest BCUT2D eigenvalue weighted by atomic mass is 16.6. The van der Waals surface area contributed by atoms with E-state index in [2.05, 4.69) is 5.32 Å². The molecule has 0 saturated heterocycles. The van der Waals surface area contributed by atoms with E-state index in [-0.39, 0.29) is 11.4 Å². The topological polar surface area (TPSA) is 119 Å². The second-order valence-corrected chi connectivity index (χ2v) is 3.21. The van der Waals surface area contributed by atoms with E-state index in [4.69, 9.17) is 9.84 Å². The van der Waals surface area contributed by atoms with Crippen molar-refractivity contribution in [2.75, 3.05) is 13.2 Å². The molecule has 0 unspecified atom stereocenters. The van der Waals surface area contributed by atoms with Crippen molar-refractivity contribution in [1.82, 2.24) is 5.32 Å². The molecule has 1 rings (SSSR count). The third-order valence-corrected chi connectivity index (χ3v) is 1.84. The molecule has 0 radical (unpaired) electrons. The molecule has 0 aliphatic carbocycles. The number of hydrogen-bond donors (Lipinski definition) is 2. The first-order chi connectivity index (χ1) is 8.49. The lowest BCUT2D eigenvalue weighted by atomic mass is 10.3. The van der Waals surface area contributed by atoms with E-state index in [1.807, 2.05) is 0 Å². The molecule has 96 valence electrons. The van der Waals surface area contributed by atoms with Crippen molar-refractivity contribution in [2.24, 2.45) is 0 Å². The first-order valence-electron chi connectivity index (χ1n) is 4.85. The van der Waals surface area contributed by atoms with Gasteiger partial charge in [-0.3, -0.25) is 19.7 Å². The third kappa shape index (κ3) is 4.47. The Kier molecular flexibility index (Phi) is 4.61. The number of amides is 1. The summed E-state index contributed by atoms with van der Waals surface area (Å²) in [6.07, 6.45) is 0. The van der Waals surface area contributed by atoms with Crippen LogP contribution in [0, 0.1) is 10.1 Å². The quantitative estimate of drug-likeness (QED) is 0.551. The van der Waals surface area contributed by atoms with E-state index in [1.54, 1.807) is 0 Å². The summed E-state index contributed by atoms with van der Waals surface area (Å²) in [7, 11) is 0. The molecular formula is C10H10N2O6. The van der Waals surface area contributed by atoms with E-state index in [1.165, 1.54) is 24.3 Å². The molecule has 0 bridgehead atoms. The first-order valence-corrected chi connectivity index (χ1v) is 4.85. The van der Waals surface area contributed by atoms with E-state index < -0.39 is 30.0 Å². The van der Waals surface area contributed by atoms with Gasteiger partial charge in [0.2, 0.25) is 0 Å². The fourth-order valence-electron chi connectivity index (χ4n) is 1.06. The zero-order valence-corrected chi connectivity index (χ0v) is 9.16. The molecule has 0 heterocycles. The Labute approximate surface area is 101 Å². The molecule has 8 nitrogen and oxygen atoms in total. The minimum absolute atomic E-state index is 0.154. The number of carboxylic acids is 1. The standard InChI is InChI=1S/C10H10N2O6/c13-9(11-5-10(14)15)6-18-8-3-1-2-7(4-8)12(16)17/h1-4H,5-6H2,(H,11,13)(H,14,15). The molecule has 8 heteroatoms. The van der Waals surface area contributed by atoms with Crippen LogP contribution in [-0.4, -0.2) is 35.1 Å². The Morgan fingerprint density at radius 2 is 2.17 bits per heavy atom. The Morgan fingerprint density at radius 3 is 2.78 bits per heavy atom. The Balaban J connectivity index is 2.48. The maximum atomic E-state index is 11.1. The van der Waals surface area contributed by atoms with Gasteiger partial charge in [0.05, 0.1) is 11.0 Å². The molecular weight excluding hydrogens is 244 g/mol. The number of nitrogens with zero attached hydrogens (tertiary/aromatic N) is 1. The van der Waals surface area contributed by atoms with Crippen molar-refractivity contribution in [3.63, 3.8) is 0 Å². The number of rotatable bonds is 6. The Morgan fingerprint density at radius 1 is 1.44 bits per heavy atom. The number of carbonyl (C=O) groups is 2. The van der Waals surface area contributed by atoms with Crippen LogP contribution in [0.5, 0.6) is 5.75 Å². The van der Waals surface area contributed by atoms with Gasteiger partial charge < -0.3 is 15.2 Å². The molecule has 1 aromatic rings. The second-order valence-electron chi connectivity index (χ2n) is 3.21. The van der Waals surface area contributed by atoms with Crippen LogP contribution in [0.3, 0.4) is 0 Å². The molecule has 0 fully saturated rings. The van der Waals surface area contributed by atoms with E-state index in [9.17, 15) is 19.7 Å². The second kappa shape index (κ2) is 6.18. The summed E-state index contributed by atoms with van der Waals surface area (Å²) in [5, 5.41) is 20.9. The number of benzene rings is 1. The predicted molar refractivity (Wildman–Crippen MR) is 59.2 cm³/mol. The number of nitrogens with one attached hydrogen (secondary N) is 1. The number of hydrogen-bond acceptors (Lipinski definition) is 5.